The van der Waals surface area contributed by atoms with E-state index in [1.54, 1.807) is 24.3 Å². The van der Waals surface area contributed by atoms with Gasteiger partial charge >= 0.3 is 5.97 Å². The maximum Gasteiger partial charge on any atom is 0.323 e. The summed E-state index contributed by atoms with van der Waals surface area (Å²) >= 11 is 0. The number of carboxylic acids is 1. The molecule has 37 heavy (non-hydrogen) atoms. The number of carbonyl (C=O) groups excluding carboxylic acids is 1. The van der Waals surface area contributed by atoms with Crippen LogP contribution in [0.3, 0.4) is 0 Å². The maximum absolute atomic E-state index is 13.8. The fourth-order valence-corrected chi connectivity index (χ4v) is 4.22. The molecule has 7 nitrogen and oxygen atoms in total. The number of rotatable bonds is 10. The lowest BCUT2D eigenvalue weighted by atomic mass is 10.0. The Bertz CT molecular complexity index is 1260. The summed E-state index contributed by atoms with van der Waals surface area (Å²) in [6, 6.07) is 16.4. The van der Waals surface area contributed by atoms with Gasteiger partial charge in [0.05, 0.1) is 19.6 Å². The van der Waals surface area contributed by atoms with Crippen molar-refractivity contribution in [2.75, 3.05) is 26.9 Å². The monoisotopic (exact) mass is 511 g/mol. The van der Waals surface area contributed by atoms with Crippen molar-refractivity contribution in [1.82, 2.24) is 4.90 Å². The second-order valence-corrected chi connectivity index (χ2v) is 8.75. The fourth-order valence-electron chi connectivity index (χ4n) is 4.22. The largest absolute Gasteiger partial charge is 0.496 e. The molecule has 0 saturated carbocycles. The van der Waals surface area contributed by atoms with Gasteiger partial charge in [-0.2, -0.15) is 0 Å². The molecular weight excluding hydrogens is 484 g/mol. The van der Waals surface area contributed by atoms with E-state index in [1.165, 1.54) is 12.0 Å². The van der Waals surface area contributed by atoms with Crippen molar-refractivity contribution in [2.45, 2.75) is 19.6 Å². The van der Waals surface area contributed by atoms with Crippen LogP contribution in [0.25, 0.3) is 11.1 Å². The second-order valence-electron chi connectivity index (χ2n) is 8.75. The lowest BCUT2D eigenvalue weighted by Gasteiger charge is -2.23. The van der Waals surface area contributed by atoms with E-state index >= 15 is 0 Å². The number of benzene rings is 3. The molecular formula is C28H27F2NO6. The number of aliphatic carboxylic acids is 1. The van der Waals surface area contributed by atoms with Crippen molar-refractivity contribution in [3.63, 3.8) is 0 Å². The SMILES string of the molecule is COc1cc(F)c(F)cc1-c1ccc(OCc2cccc(CN(CC(=O)O)C(=O)C3CCOC3)c2)cc1. The molecule has 1 saturated heterocycles. The Hall–Kier alpha value is -3.98. The van der Waals surface area contributed by atoms with Gasteiger partial charge < -0.3 is 24.2 Å². The molecule has 0 aliphatic carbocycles. The molecule has 0 aromatic heterocycles. The first-order chi connectivity index (χ1) is 17.8. The second kappa shape index (κ2) is 11.8. The minimum absolute atomic E-state index is 0.167. The molecule has 194 valence electrons. The summed E-state index contributed by atoms with van der Waals surface area (Å²) in [6.07, 6.45) is 0.588. The van der Waals surface area contributed by atoms with Crippen molar-refractivity contribution in [2.24, 2.45) is 5.92 Å². The van der Waals surface area contributed by atoms with Crippen molar-refractivity contribution in [1.29, 1.82) is 0 Å². The van der Waals surface area contributed by atoms with Crippen LogP contribution in [-0.4, -0.2) is 48.8 Å². The number of hydrogen-bond donors (Lipinski definition) is 1. The van der Waals surface area contributed by atoms with Crippen molar-refractivity contribution < 1.29 is 37.7 Å². The van der Waals surface area contributed by atoms with Gasteiger partial charge in [-0.15, -0.1) is 0 Å². The van der Waals surface area contributed by atoms with Gasteiger partial charge in [-0.25, -0.2) is 8.78 Å². The van der Waals surface area contributed by atoms with Gasteiger partial charge in [0, 0.05) is 24.8 Å². The molecule has 1 aliphatic rings. The number of carboxylic acid groups (broad SMARTS) is 1. The van der Waals surface area contributed by atoms with E-state index in [0.29, 0.717) is 36.5 Å². The van der Waals surface area contributed by atoms with Gasteiger partial charge in [0.25, 0.3) is 0 Å². The number of carbonyl (C=O) groups is 2. The Morgan fingerprint density at radius 3 is 2.46 bits per heavy atom. The minimum atomic E-state index is -1.07. The Labute approximate surface area is 213 Å². The third-order valence-corrected chi connectivity index (χ3v) is 6.09. The van der Waals surface area contributed by atoms with Crippen LogP contribution in [0.15, 0.2) is 60.7 Å². The predicted molar refractivity (Wildman–Crippen MR) is 131 cm³/mol. The fraction of sp³-hybridized carbons (Fsp3) is 0.286. The Morgan fingerprint density at radius 1 is 1.05 bits per heavy atom. The third kappa shape index (κ3) is 6.62. The zero-order valence-electron chi connectivity index (χ0n) is 20.3. The highest BCUT2D eigenvalue weighted by molar-refractivity contribution is 5.83. The summed E-state index contributed by atoms with van der Waals surface area (Å²) in [4.78, 5) is 25.5. The summed E-state index contributed by atoms with van der Waals surface area (Å²) in [5, 5.41) is 9.28. The smallest absolute Gasteiger partial charge is 0.323 e. The first-order valence-electron chi connectivity index (χ1n) is 11.8. The number of ether oxygens (including phenoxy) is 3. The van der Waals surface area contributed by atoms with Gasteiger partial charge in [-0.05, 0) is 41.3 Å². The average Bonchev–Trinajstić information content (AvgIpc) is 3.43. The van der Waals surface area contributed by atoms with Crippen LogP contribution in [0.1, 0.15) is 17.5 Å². The van der Waals surface area contributed by atoms with E-state index in [4.69, 9.17) is 14.2 Å². The van der Waals surface area contributed by atoms with Crippen LogP contribution in [0.2, 0.25) is 0 Å². The highest BCUT2D eigenvalue weighted by Crippen LogP contribution is 2.33. The highest BCUT2D eigenvalue weighted by Gasteiger charge is 2.29. The van der Waals surface area contributed by atoms with E-state index < -0.39 is 17.6 Å². The molecule has 3 aromatic carbocycles. The molecule has 1 fully saturated rings. The third-order valence-electron chi connectivity index (χ3n) is 6.09. The number of nitrogens with zero attached hydrogens (tertiary/aromatic N) is 1. The molecule has 1 amide bonds. The maximum atomic E-state index is 13.8. The van der Waals surface area contributed by atoms with Crippen LogP contribution in [0.4, 0.5) is 8.78 Å². The van der Waals surface area contributed by atoms with E-state index in [-0.39, 0.29) is 37.3 Å². The normalized spacial score (nSPS) is 14.8. The molecule has 0 spiro atoms. The van der Waals surface area contributed by atoms with Crippen LogP contribution < -0.4 is 9.47 Å². The first-order valence-corrected chi connectivity index (χ1v) is 11.8. The number of methoxy groups -OCH3 is 1. The predicted octanol–water partition coefficient (Wildman–Crippen LogP) is 4.67. The molecule has 1 N–H and O–H groups in total. The Balaban J connectivity index is 1.41. The van der Waals surface area contributed by atoms with Crippen LogP contribution in [-0.2, 0) is 27.5 Å². The number of halogens is 2. The molecule has 1 heterocycles. The van der Waals surface area contributed by atoms with Crippen LogP contribution in [0, 0.1) is 17.6 Å². The summed E-state index contributed by atoms with van der Waals surface area (Å²) < 4.78 is 43.6. The molecule has 4 rings (SSSR count). The zero-order valence-corrected chi connectivity index (χ0v) is 20.3. The van der Waals surface area contributed by atoms with E-state index in [1.807, 2.05) is 24.3 Å². The van der Waals surface area contributed by atoms with Crippen LogP contribution in [0.5, 0.6) is 11.5 Å². The Morgan fingerprint density at radius 2 is 1.78 bits per heavy atom. The molecule has 0 bridgehead atoms. The van der Waals surface area contributed by atoms with Crippen LogP contribution >= 0.6 is 0 Å². The summed E-state index contributed by atoms with van der Waals surface area (Å²) in [5.41, 5.74) is 2.69. The van der Waals surface area contributed by atoms with Gasteiger partial charge in [0.2, 0.25) is 5.91 Å². The summed E-state index contributed by atoms with van der Waals surface area (Å²) in [5.74, 6) is -2.77. The number of amides is 1. The molecule has 1 unspecified atom stereocenters. The van der Waals surface area contributed by atoms with Crippen molar-refractivity contribution in [3.8, 4) is 22.6 Å². The van der Waals surface area contributed by atoms with Gasteiger partial charge in [0.15, 0.2) is 11.6 Å². The van der Waals surface area contributed by atoms with Gasteiger partial charge in [-0.3, -0.25) is 9.59 Å². The lowest BCUT2D eigenvalue weighted by Crippen LogP contribution is -2.39. The average molecular weight is 512 g/mol. The standard InChI is InChI=1S/C28H27F2NO6/c1-35-26-13-25(30)24(29)12-23(26)20-5-7-22(8-6-20)37-16-19-4-2-3-18(11-19)14-31(15-27(32)33)28(34)21-9-10-36-17-21/h2-8,11-13,21H,9-10,14-17H2,1H3,(H,32,33). The quantitative estimate of drug-likeness (QED) is 0.426. The molecule has 1 atom stereocenters. The zero-order chi connectivity index (χ0) is 26.4. The van der Waals surface area contributed by atoms with Crippen molar-refractivity contribution >= 4 is 11.9 Å². The summed E-state index contributed by atoms with van der Waals surface area (Å²) in [7, 11) is 1.39. The lowest BCUT2D eigenvalue weighted by molar-refractivity contribution is -0.146. The van der Waals surface area contributed by atoms with E-state index in [2.05, 4.69) is 0 Å². The molecule has 1 aliphatic heterocycles. The first kappa shape index (κ1) is 26.1. The van der Waals surface area contributed by atoms with Gasteiger partial charge in [0.1, 0.15) is 24.7 Å². The summed E-state index contributed by atoms with van der Waals surface area (Å²) in [6.45, 7) is 0.834. The van der Waals surface area contributed by atoms with Gasteiger partial charge in [-0.1, -0.05) is 36.4 Å². The molecule has 9 heteroatoms. The highest BCUT2D eigenvalue weighted by atomic mass is 19.2. The molecule has 0 radical (unpaired) electrons. The number of hydrogen-bond acceptors (Lipinski definition) is 5. The minimum Gasteiger partial charge on any atom is -0.496 e. The van der Waals surface area contributed by atoms with E-state index in [9.17, 15) is 23.5 Å². The topological polar surface area (TPSA) is 85.3 Å². The Kier molecular flexibility index (Phi) is 8.35. The van der Waals surface area contributed by atoms with E-state index in [0.717, 1.165) is 23.3 Å². The molecule has 3 aromatic rings. The van der Waals surface area contributed by atoms with Crippen molar-refractivity contribution in [3.05, 3.63) is 83.4 Å².